The Hall–Kier alpha value is -2.70. The van der Waals surface area contributed by atoms with Crippen LogP contribution in [0, 0.1) is 0 Å². The summed E-state index contributed by atoms with van der Waals surface area (Å²) in [5, 5.41) is 5.93. The number of anilines is 1. The minimum absolute atomic E-state index is 0.241. The second-order valence-electron chi connectivity index (χ2n) is 6.22. The van der Waals surface area contributed by atoms with E-state index in [2.05, 4.69) is 22.2 Å². The monoisotopic (exact) mass is 437 g/mol. The van der Waals surface area contributed by atoms with Gasteiger partial charge in [0, 0.05) is 24.0 Å². The van der Waals surface area contributed by atoms with Gasteiger partial charge >= 0.3 is 6.18 Å². The molecule has 150 valence electrons. The van der Waals surface area contributed by atoms with Gasteiger partial charge in [-0.25, -0.2) is 4.98 Å². The third kappa shape index (κ3) is 5.65. The predicted octanol–water partition coefficient (Wildman–Crippen LogP) is 6.75. The van der Waals surface area contributed by atoms with E-state index in [4.69, 9.17) is 23.2 Å². The molecule has 0 aliphatic carbocycles. The molecule has 0 atom stereocenters. The summed E-state index contributed by atoms with van der Waals surface area (Å²) in [6, 6.07) is 15.0. The van der Waals surface area contributed by atoms with Crippen LogP contribution < -0.4 is 10.6 Å². The van der Waals surface area contributed by atoms with E-state index >= 15 is 0 Å². The first-order valence-corrected chi connectivity index (χ1v) is 9.25. The molecule has 0 unspecified atom stereocenters. The van der Waals surface area contributed by atoms with E-state index in [1.165, 1.54) is 12.1 Å². The molecule has 29 heavy (non-hydrogen) atoms. The van der Waals surface area contributed by atoms with Gasteiger partial charge in [-0.05, 0) is 41.5 Å². The Balaban J connectivity index is 1.59. The Labute approximate surface area is 176 Å². The molecular weight excluding hydrogens is 422 g/mol. The Morgan fingerprint density at radius 3 is 2.28 bits per heavy atom. The van der Waals surface area contributed by atoms with Crippen LogP contribution in [0.5, 0.6) is 0 Å². The molecule has 3 nitrogen and oxygen atoms in total. The van der Waals surface area contributed by atoms with Gasteiger partial charge in [0.05, 0.1) is 16.4 Å². The lowest BCUT2D eigenvalue weighted by Crippen LogP contribution is -2.18. The molecule has 2 N–H and O–H groups in total. The summed E-state index contributed by atoms with van der Waals surface area (Å²) >= 11 is 11.4. The van der Waals surface area contributed by atoms with Crippen LogP contribution in [-0.2, 0) is 12.7 Å². The molecule has 0 saturated carbocycles. The molecule has 0 aliphatic rings. The molecule has 1 aromatic heterocycles. The van der Waals surface area contributed by atoms with Gasteiger partial charge in [-0.1, -0.05) is 54.0 Å². The molecular formula is C21H16Cl2F3N3. The summed E-state index contributed by atoms with van der Waals surface area (Å²) in [6.45, 7) is 4.24. The lowest BCUT2D eigenvalue weighted by atomic mass is 10.1. The molecule has 3 rings (SSSR count). The third-order valence-corrected chi connectivity index (χ3v) is 4.64. The van der Waals surface area contributed by atoms with Gasteiger partial charge in [0.25, 0.3) is 0 Å². The summed E-state index contributed by atoms with van der Waals surface area (Å²) < 4.78 is 38.8. The smallest absolute Gasteiger partial charge is 0.368 e. The van der Waals surface area contributed by atoms with Gasteiger partial charge < -0.3 is 10.6 Å². The van der Waals surface area contributed by atoms with Gasteiger partial charge in [-0.15, -0.1) is 0 Å². The van der Waals surface area contributed by atoms with E-state index in [1.807, 2.05) is 30.3 Å². The molecule has 0 spiro atoms. The van der Waals surface area contributed by atoms with Gasteiger partial charge in [-0.2, -0.15) is 13.2 Å². The number of hydrogen-bond donors (Lipinski definition) is 2. The van der Waals surface area contributed by atoms with Crippen molar-refractivity contribution in [2.24, 2.45) is 0 Å². The van der Waals surface area contributed by atoms with E-state index in [1.54, 1.807) is 12.3 Å². The number of pyridine rings is 1. The van der Waals surface area contributed by atoms with Crippen molar-refractivity contribution >= 4 is 28.9 Å². The molecule has 1 heterocycles. The zero-order chi connectivity index (χ0) is 21.0. The summed E-state index contributed by atoms with van der Waals surface area (Å²) in [5.41, 5.74) is 2.26. The number of aromatic nitrogens is 1. The van der Waals surface area contributed by atoms with E-state index in [0.717, 1.165) is 22.8 Å². The second kappa shape index (κ2) is 8.76. The van der Waals surface area contributed by atoms with Gasteiger partial charge in [0.2, 0.25) is 0 Å². The predicted molar refractivity (Wildman–Crippen MR) is 111 cm³/mol. The lowest BCUT2D eigenvalue weighted by molar-refractivity contribution is -0.137. The highest BCUT2D eigenvalue weighted by atomic mass is 35.5. The lowest BCUT2D eigenvalue weighted by Gasteiger charge is -2.15. The van der Waals surface area contributed by atoms with Crippen LogP contribution in [0.1, 0.15) is 11.1 Å². The largest absolute Gasteiger partial charge is 0.417 e. The number of rotatable bonds is 6. The number of halogens is 5. The zero-order valence-electron chi connectivity index (χ0n) is 15.0. The molecule has 3 aromatic rings. The van der Waals surface area contributed by atoms with E-state index < -0.39 is 11.7 Å². The first-order valence-electron chi connectivity index (χ1n) is 8.50. The van der Waals surface area contributed by atoms with Gasteiger partial charge in [0.1, 0.15) is 5.15 Å². The van der Waals surface area contributed by atoms with Crippen molar-refractivity contribution in [3.05, 3.63) is 94.5 Å². The van der Waals surface area contributed by atoms with Crippen LogP contribution in [-0.4, -0.2) is 4.98 Å². The first kappa shape index (κ1) is 21.0. The highest BCUT2D eigenvalue weighted by Gasteiger charge is 2.33. The molecule has 2 aromatic carbocycles. The minimum Gasteiger partial charge on any atom is -0.368 e. The van der Waals surface area contributed by atoms with Crippen molar-refractivity contribution in [3.8, 4) is 11.1 Å². The zero-order valence-corrected chi connectivity index (χ0v) is 16.5. The SMILES string of the molecule is C=C(NCc1ccc(-c2ccc(Cl)nc2)cc1)Nc1ccc(Cl)c(C(F)(F)F)c1. The van der Waals surface area contributed by atoms with Gasteiger partial charge in [-0.3, -0.25) is 0 Å². The maximum atomic E-state index is 12.9. The standard InChI is InChI=1S/C21H16Cl2F3N3/c1-13(29-17-7-8-19(22)18(10-17)21(24,25)26)27-11-14-2-4-15(5-3-14)16-6-9-20(23)28-12-16/h2-10,12,27,29H,1,11H2. The molecule has 0 radical (unpaired) electrons. The van der Waals surface area contributed by atoms with Crippen LogP contribution in [0.25, 0.3) is 11.1 Å². The Morgan fingerprint density at radius 1 is 0.966 bits per heavy atom. The molecule has 8 heteroatoms. The number of benzene rings is 2. The van der Waals surface area contributed by atoms with Crippen molar-refractivity contribution in [2.75, 3.05) is 5.32 Å². The number of hydrogen-bond acceptors (Lipinski definition) is 3. The van der Waals surface area contributed by atoms with Crippen LogP contribution in [0.2, 0.25) is 10.2 Å². The molecule has 0 amide bonds. The van der Waals surface area contributed by atoms with Crippen molar-refractivity contribution in [2.45, 2.75) is 12.7 Å². The Morgan fingerprint density at radius 2 is 1.66 bits per heavy atom. The van der Waals surface area contributed by atoms with Crippen LogP contribution in [0.3, 0.4) is 0 Å². The molecule has 0 saturated heterocycles. The summed E-state index contributed by atoms with van der Waals surface area (Å²) in [5.74, 6) is 0.367. The topological polar surface area (TPSA) is 37.0 Å². The van der Waals surface area contributed by atoms with Crippen LogP contribution in [0.4, 0.5) is 18.9 Å². The second-order valence-corrected chi connectivity index (χ2v) is 7.01. The number of nitrogens with one attached hydrogen (secondary N) is 2. The highest BCUT2D eigenvalue weighted by molar-refractivity contribution is 6.31. The summed E-state index contributed by atoms with van der Waals surface area (Å²) in [7, 11) is 0. The van der Waals surface area contributed by atoms with E-state index in [9.17, 15) is 13.2 Å². The van der Waals surface area contributed by atoms with Crippen molar-refractivity contribution < 1.29 is 13.2 Å². The molecule has 0 bridgehead atoms. The normalized spacial score (nSPS) is 11.2. The summed E-state index contributed by atoms with van der Waals surface area (Å²) in [4.78, 5) is 4.06. The maximum Gasteiger partial charge on any atom is 0.417 e. The van der Waals surface area contributed by atoms with Crippen molar-refractivity contribution in [1.29, 1.82) is 0 Å². The third-order valence-electron chi connectivity index (χ3n) is 4.09. The first-order chi connectivity index (χ1) is 13.7. The van der Waals surface area contributed by atoms with Crippen LogP contribution >= 0.6 is 23.2 Å². The average molecular weight is 438 g/mol. The fourth-order valence-electron chi connectivity index (χ4n) is 2.61. The van der Waals surface area contributed by atoms with E-state index in [-0.39, 0.29) is 10.7 Å². The Kier molecular flexibility index (Phi) is 6.35. The quantitative estimate of drug-likeness (QED) is 0.418. The Bertz CT molecular complexity index is 1000. The van der Waals surface area contributed by atoms with Crippen molar-refractivity contribution in [1.82, 2.24) is 10.3 Å². The van der Waals surface area contributed by atoms with Crippen molar-refractivity contribution in [3.63, 3.8) is 0 Å². The highest BCUT2D eigenvalue weighted by Crippen LogP contribution is 2.36. The number of nitrogens with zero attached hydrogens (tertiary/aromatic N) is 1. The van der Waals surface area contributed by atoms with E-state index in [0.29, 0.717) is 17.5 Å². The fraction of sp³-hybridized carbons (Fsp3) is 0.0952. The number of alkyl halides is 3. The maximum absolute atomic E-state index is 12.9. The summed E-state index contributed by atoms with van der Waals surface area (Å²) in [6.07, 6.45) is -2.83. The van der Waals surface area contributed by atoms with Crippen LogP contribution in [0.15, 0.2) is 73.2 Å². The molecule has 0 fully saturated rings. The minimum atomic E-state index is -4.52. The van der Waals surface area contributed by atoms with Gasteiger partial charge in [0.15, 0.2) is 0 Å². The fourth-order valence-corrected chi connectivity index (χ4v) is 2.95. The average Bonchev–Trinajstić information content (AvgIpc) is 2.68. The molecule has 0 aliphatic heterocycles.